The average molecular weight is 250 g/mol. The Labute approximate surface area is 107 Å². The third-order valence-electron chi connectivity index (χ3n) is 3.12. The minimum Gasteiger partial charge on any atom is -0.469 e. The second-order valence-electron chi connectivity index (χ2n) is 4.31. The topological polar surface area (TPSA) is 26.3 Å². The molecule has 1 aromatic rings. The normalized spacial score (nSPS) is 14.2. The molecule has 1 aliphatic carbocycles. The first-order valence-electron chi connectivity index (χ1n) is 6.11. The van der Waals surface area contributed by atoms with Gasteiger partial charge in [-0.25, -0.2) is 0 Å². The molecule has 0 N–H and O–H groups in total. The Bertz CT molecular complexity index is 401. The molecule has 2 rings (SSSR count). The van der Waals surface area contributed by atoms with E-state index in [2.05, 4.69) is 22.9 Å². The number of benzene rings is 1. The number of rotatable bonds is 4. The molecule has 3 heteroatoms. The molecule has 92 valence electrons. The van der Waals surface area contributed by atoms with Crippen LogP contribution in [0.4, 0.5) is 0 Å². The van der Waals surface area contributed by atoms with Gasteiger partial charge in [0.15, 0.2) is 0 Å². The summed E-state index contributed by atoms with van der Waals surface area (Å²) >= 11 is 1.74. The van der Waals surface area contributed by atoms with Crippen LogP contribution < -0.4 is 0 Å². The van der Waals surface area contributed by atoms with E-state index < -0.39 is 0 Å². The molecule has 17 heavy (non-hydrogen) atoms. The van der Waals surface area contributed by atoms with Crippen molar-refractivity contribution in [3.8, 4) is 0 Å². The van der Waals surface area contributed by atoms with Crippen LogP contribution in [0.3, 0.4) is 0 Å². The summed E-state index contributed by atoms with van der Waals surface area (Å²) in [5, 5.41) is 0. The Hall–Kier alpha value is -0.960. The largest absolute Gasteiger partial charge is 0.469 e. The number of methoxy groups -OCH3 is 1. The Morgan fingerprint density at radius 3 is 2.82 bits per heavy atom. The van der Waals surface area contributed by atoms with E-state index in [9.17, 15) is 4.79 Å². The molecule has 0 heterocycles. The molecule has 0 saturated heterocycles. The summed E-state index contributed by atoms with van der Waals surface area (Å²) in [5.74, 6) is 0.668. The van der Waals surface area contributed by atoms with Crippen LogP contribution in [0.25, 0.3) is 0 Å². The highest BCUT2D eigenvalue weighted by atomic mass is 32.2. The fourth-order valence-corrected chi connectivity index (χ4v) is 3.05. The first-order chi connectivity index (χ1) is 8.29. The molecule has 0 aromatic heterocycles. The van der Waals surface area contributed by atoms with Gasteiger partial charge in [0.25, 0.3) is 0 Å². The van der Waals surface area contributed by atoms with Crippen molar-refractivity contribution in [2.45, 2.75) is 37.0 Å². The molecule has 0 fully saturated rings. The standard InChI is InChI=1S/C14H18O2S/c1-16-14(15)8-9-17-13-7-6-11-4-2-3-5-12(11)10-13/h6-7,10H,2-5,8-9H2,1H3. The first-order valence-corrected chi connectivity index (χ1v) is 7.09. The van der Waals surface area contributed by atoms with Crippen molar-refractivity contribution in [3.05, 3.63) is 29.3 Å². The maximum Gasteiger partial charge on any atom is 0.306 e. The van der Waals surface area contributed by atoms with Crippen molar-refractivity contribution in [2.24, 2.45) is 0 Å². The highest BCUT2D eigenvalue weighted by Crippen LogP contribution is 2.27. The first kappa shape index (κ1) is 12.5. The Morgan fingerprint density at radius 2 is 2.06 bits per heavy atom. The van der Waals surface area contributed by atoms with Gasteiger partial charge in [-0.2, -0.15) is 0 Å². The van der Waals surface area contributed by atoms with Crippen molar-refractivity contribution in [2.75, 3.05) is 12.9 Å². The number of carbonyl (C=O) groups excluding carboxylic acids is 1. The van der Waals surface area contributed by atoms with E-state index in [1.165, 1.54) is 48.8 Å². The summed E-state index contributed by atoms with van der Waals surface area (Å²) < 4.78 is 4.63. The second-order valence-corrected chi connectivity index (χ2v) is 5.48. The number of carbonyl (C=O) groups is 1. The zero-order valence-corrected chi connectivity index (χ0v) is 11.0. The van der Waals surface area contributed by atoms with Gasteiger partial charge in [0.2, 0.25) is 0 Å². The quantitative estimate of drug-likeness (QED) is 0.606. The molecule has 0 spiro atoms. The van der Waals surface area contributed by atoms with Gasteiger partial charge < -0.3 is 4.74 Å². The van der Waals surface area contributed by atoms with Gasteiger partial charge in [0.1, 0.15) is 0 Å². The Morgan fingerprint density at radius 1 is 1.29 bits per heavy atom. The molecule has 1 aromatic carbocycles. The van der Waals surface area contributed by atoms with Crippen LogP contribution in [0.5, 0.6) is 0 Å². The fraction of sp³-hybridized carbons (Fsp3) is 0.500. The van der Waals surface area contributed by atoms with Gasteiger partial charge >= 0.3 is 5.97 Å². The molecule has 0 atom stereocenters. The molecule has 0 saturated carbocycles. The smallest absolute Gasteiger partial charge is 0.306 e. The van der Waals surface area contributed by atoms with E-state index in [0.717, 1.165) is 5.75 Å². The van der Waals surface area contributed by atoms with Crippen molar-refractivity contribution < 1.29 is 9.53 Å². The van der Waals surface area contributed by atoms with Gasteiger partial charge in [-0.1, -0.05) is 6.07 Å². The SMILES string of the molecule is COC(=O)CCSc1ccc2c(c1)CCCC2. The molecule has 0 unspecified atom stereocenters. The maximum absolute atomic E-state index is 11.0. The van der Waals surface area contributed by atoms with E-state index in [4.69, 9.17) is 0 Å². The van der Waals surface area contributed by atoms with Crippen molar-refractivity contribution in [3.63, 3.8) is 0 Å². The van der Waals surface area contributed by atoms with Crippen LogP contribution >= 0.6 is 11.8 Å². The number of ether oxygens (including phenoxy) is 1. The zero-order valence-electron chi connectivity index (χ0n) is 10.2. The summed E-state index contributed by atoms with van der Waals surface area (Å²) in [6, 6.07) is 6.71. The predicted molar refractivity (Wildman–Crippen MR) is 70.4 cm³/mol. The van der Waals surface area contributed by atoms with E-state index in [1.54, 1.807) is 11.8 Å². The van der Waals surface area contributed by atoms with Crippen LogP contribution in [0.2, 0.25) is 0 Å². The minimum absolute atomic E-state index is 0.129. The van der Waals surface area contributed by atoms with E-state index in [1.807, 2.05) is 0 Å². The van der Waals surface area contributed by atoms with Crippen molar-refractivity contribution in [1.82, 2.24) is 0 Å². The van der Waals surface area contributed by atoms with Crippen LogP contribution in [-0.2, 0) is 22.4 Å². The zero-order chi connectivity index (χ0) is 12.1. The lowest BCUT2D eigenvalue weighted by molar-refractivity contribution is -0.140. The molecular weight excluding hydrogens is 232 g/mol. The molecule has 0 amide bonds. The molecule has 0 aliphatic heterocycles. The van der Waals surface area contributed by atoms with Crippen molar-refractivity contribution in [1.29, 1.82) is 0 Å². The van der Waals surface area contributed by atoms with Crippen LogP contribution in [0.1, 0.15) is 30.4 Å². The molecule has 0 bridgehead atoms. The van der Waals surface area contributed by atoms with Gasteiger partial charge in [0.05, 0.1) is 13.5 Å². The van der Waals surface area contributed by atoms with Crippen LogP contribution in [-0.4, -0.2) is 18.8 Å². The Kier molecular flexibility index (Phi) is 4.49. The van der Waals surface area contributed by atoms with Gasteiger partial charge in [0, 0.05) is 10.6 Å². The monoisotopic (exact) mass is 250 g/mol. The predicted octanol–water partition coefficient (Wildman–Crippen LogP) is 3.22. The summed E-state index contributed by atoms with van der Waals surface area (Å²) in [4.78, 5) is 12.3. The van der Waals surface area contributed by atoms with Crippen LogP contribution in [0.15, 0.2) is 23.1 Å². The highest BCUT2D eigenvalue weighted by Gasteiger charge is 2.09. The summed E-state index contributed by atoms with van der Waals surface area (Å²) in [7, 11) is 1.44. The molecule has 2 nitrogen and oxygen atoms in total. The lowest BCUT2D eigenvalue weighted by Gasteiger charge is -2.16. The third kappa shape index (κ3) is 3.50. The van der Waals surface area contributed by atoms with E-state index in [0.29, 0.717) is 6.42 Å². The molecule has 1 aliphatic rings. The summed E-state index contributed by atoms with van der Waals surface area (Å²) in [6.45, 7) is 0. The number of fused-ring (bicyclic) bond motifs is 1. The lowest BCUT2D eigenvalue weighted by Crippen LogP contribution is -2.03. The number of esters is 1. The number of thioether (sulfide) groups is 1. The summed E-state index contributed by atoms with van der Waals surface area (Å²) in [6.07, 6.45) is 5.55. The number of aryl methyl sites for hydroxylation is 2. The molecule has 0 radical (unpaired) electrons. The third-order valence-corrected chi connectivity index (χ3v) is 4.12. The van der Waals surface area contributed by atoms with Crippen molar-refractivity contribution >= 4 is 17.7 Å². The van der Waals surface area contributed by atoms with Crippen LogP contribution in [0, 0.1) is 0 Å². The fourth-order valence-electron chi connectivity index (χ4n) is 2.15. The Balaban J connectivity index is 1.91. The average Bonchev–Trinajstić information content (AvgIpc) is 2.38. The number of hydrogen-bond donors (Lipinski definition) is 0. The van der Waals surface area contributed by atoms with Gasteiger partial charge in [-0.05, 0) is 48.9 Å². The highest BCUT2D eigenvalue weighted by molar-refractivity contribution is 7.99. The maximum atomic E-state index is 11.0. The van der Waals surface area contributed by atoms with E-state index >= 15 is 0 Å². The van der Waals surface area contributed by atoms with Gasteiger partial charge in [-0.3, -0.25) is 4.79 Å². The van der Waals surface area contributed by atoms with Gasteiger partial charge in [-0.15, -0.1) is 11.8 Å². The minimum atomic E-state index is -0.129. The lowest BCUT2D eigenvalue weighted by atomic mass is 9.92. The summed E-state index contributed by atoms with van der Waals surface area (Å²) in [5.41, 5.74) is 3.01. The molecular formula is C14H18O2S. The van der Waals surface area contributed by atoms with E-state index in [-0.39, 0.29) is 5.97 Å². The number of hydrogen-bond acceptors (Lipinski definition) is 3. The second kappa shape index (κ2) is 6.10.